The van der Waals surface area contributed by atoms with Crippen LogP contribution in [0.4, 0.5) is 4.39 Å². The molecule has 0 heterocycles. The lowest BCUT2D eigenvalue weighted by atomic mass is 9.82. The van der Waals surface area contributed by atoms with E-state index in [0.717, 1.165) is 11.1 Å². The molecule has 0 saturated heterocycles. The van der Waals surface area contributed by atoms with Crippen LogP contribution in [0.25, 0.3) is 0 Å². The first kappa shape index (κ1) is 12.2. The molecule has 84 valence electrons. The molecule has 0 aliphatic heterocycles. The summed E-state index contributed by atoms with van der Waals surface area (Å²) in [5.41, 5.74) is 1.89. The van der Waals surface area contributed by atoms with Gasteiger partial charge in [-0.3, -0.25) is 0 Å². The average Bonchev–Trinajstić information content (AvgIpc) is 2.17. The van der Waals surface area contributed by atoms with Gasteiger partial charge in [0.15, 0.2) is 0 Å². The van der Waals surface area contributed by atoms with Gasteiger partial charge < -0.3 is 5.32 Å². The monoisotopic (exact) mass is 209 g/mol. The molecule has 1 rings (SSSR count). The van der Waals surface area contributed by atoms with Gasteiger partial charge >= 0.3 is 0 Å². The van der Waals surface area contributed by atoms with Gasteiger partial charge in [0.1, 0.15) is 6.17 Å². The van der Waals surface area contributed by atoms with Crippen LogP contribution in [-0.4, -0.2) is 13.6 Å². The van der Waals surface area contributed by atoms with Gasteiger partial charge in [0.25, 0.3) is 0 Å². The number of alkyl halides is 1. The van der Waals surface area contributed by atoms with Crippen LogP contribution < -0.4 is 5.32 Å². The summed E-state index contributed by atoms with van der Waals surface area (Å²) in [7, 11) is 1.77. The summed E-state index contributed by atoms with van der Waals surface area (Å²) < 4.78 is 13.9. The Morgan fingerprint density at radius 1 is 1.27 bits per heavy atom. The average molecular weight is 209 g/mol. The van der Waals surface area contributed by atoms with E-state index in [1.165, 1.54) is 0 Å². The minimum absolute atomic E-state index is 0.00528. The molecular weight excluding hydrogens is 189 g/mol. The van der Waals surface area contributed by atoms with Gasteiger partial charge in [-0.2, -0.15) is 0 Å². The second kappa shape index (κ2) is 4.75. The summed E-state index contributed by atoms with van der Waals surface area (Å²) >= 11 is 0. The third-order valence-electron chi connectivity index (χ3n) is 2.49. The summed E-state index contributed by atoms with van der Waals surface area (Å²) in [6.07, 6.45) is -0.926. The van der Waals surface area contributed by atoms with Gasteiger partial charge in [0.2, 0.25) is 0 Å². The molecule has 1 aromatic rings. The van der Waals surface area contributed by atoms with Crippen molar-refractivity contribution in [1.82, 2.24) is 5.32 Å². The maximum absolute atomic E-state index is 13.9. The largest absolute Gasteiger partial charge is 0.317 e. The predicted octanol–water partition coefficient (Wildman–Crippen LogP) is 3.21. The molecule has 0 aliphatic carbocycles. The molecule has 0 fully saturated rings. The topological polar surface area (TPSA) is 12.0 Å². The Bertz CT molecular complexity index is 315. The van der Waals surface area contributed by atoms with Gasteiger partial charge in [-0.25, -0.2) is 4.39 Å². The van der Waals surface area contributed by atoms with Crippen LogP contribution in [0.1, 0.15) is 38.1 Å². The normalized spacial score (nSPS) is 13.9. The van der Waals surface area contributed by atoms with E-state index in [1.807, 2.05) is 24.3 Å². The first-order valence-electron chi connectivity index (χ1n) is 5.35. The molecule has 1 nitrogen and oxygen atoms in total. The molecule has 1 atom stereocenters. The summed E-state index contributed by atoms with van der Waals surface area (Å²) in [6.45, 7) is 6.70. The van der Waals surface area contributed by atoms with Crippen molar-refractivity contribution in [2.24, 2.45) is 0 Å². The number of nitrogens with one attached hydrogen (secondary N) is 1. The molecule has 0 radical (unpaired) electrons. The summed E-state index contributed by atoms with van der Waals surface area (Å²) in [6, 6.07) is 7.75. The first-order valence-corrected chi connectivity index (χ1v) is 5.35. The maximum Gasteiger partial charge on any atom is 0.138 e. The maximum atomic E-state index is 13.9. The second-order valence-corrected chi connectivity index (χ2v) is 4.86. The fourth-order valence-electron chi connectivity index (χ4n) is 1.74. The minimum Gasteiger partial charge on any atom is -0.317 e. The molecule has 1 N–H and O–H groups in total. The van der Waals surface area contributed by atoms with Crippen molar-refractivity contribution < 1.29 is 4.39 Å². The minimum atomic E-state index is -0.926. The lowest BCUT2D eigenvalue weighted by molar-refractivity contribution is 0.330. The third-order valence-corrected chi connectivity index (χ3v) is 2.49. The van der Waals surface area contributed by atoms with Crippen LogP contribution >= 0.6 is 0 Å². The fourth-order valence-corrected chi connectivity index (χ4v) is 1.74. The Morgan fingerprint density at radius 3 is 2.40 bits per heavy atom. The van der Waals surface area contributed by atoms with E-state index in [4.69, 9.17) is 0 Å². The van der Waals surface area contributed by atoms with E-state index in [1.54, 1.807) is 7.05 Å². The smallest absolute Gasteiger partial charge is 0.138 e. The highest BCUT2D eigenvalue weighted by atomic mass is 19.1. The van der Waals surface area contributed by atoms with E-state index >= 15 is 0 Å². The zero-order chi connectivity index (χ0) is 11.5. The van der Waals surface area contributed by atoms with E-state index < -0.39 is 6.17 Å². The van der Waals surface area contributed by atoms with Crippen LogP contribution in [0.15, 0.2) is 24.3 Å². The molecule has 1 unspecified atom stereocenters. The SMILES string of the molecule is CNCC(F)c1ccccc1C(C)(C)C. The number of hydrogen-bond acceptors (Lipinski definition) is 1. The van der Waals surface area contributed by atoms with Crippen molar-refractivity contribution >= 4 is 0 Å². The zero-order valence-electron chi connectivity index (χ0n) is 9.97. The molecule has 0 saturated carbocycles. The van der Waals surface area contributed by atoms with Crippen molar-refractivity contribution in [2.45, 2.75) is 32.4 Å². The Kier molecular flexibility index (Phi) is 3.86. The molecule has 0 spiro atoms. The zero-order valence-corrected chi connectivity index (χ0v) is 9.97. The van der Waals surface area contributed by atoms with Gasteiger partial charge in [-0.1, -0.05) is 45.0 Å². The highest BCUT2D eigenvalue weighted by Gasteiger charge is 2.21. The number of likely N-dealkylation sites (N-methyl/N-ethyl adjacent to an activating group) is 1. The summed E-state index contributed by atoms with van der Waals surface area (Å²) in [5.74, 6) is 0. The Hall–Kier alpha value is -0.890. The molecule has 15 heavy (non-hydrogen) atoms. The van der Waals surface area contributed by atoms with Crippen molar-refractivity contribution in [3.63, 3.8) is 0 Å². The lowest BCUT2D eigenvalue weighted by Gasteiger charge is -2.24. The fraction of sp³-hybridized carbons (Fsp3) is 0.538. The highest BCUT2D eigenvalue weighted by molar-refractivity contribution is 5.34. The number of rotatable bonds is 3. The molecule has 0 aliphatic rings. The lowest BCUT2D eigenvalue weighted by Crippen LogP contribution is -2.19. The predicted molar refractivity (Wildman–Crippen MR) is 62.9 cm³/mol. The van der Waals surface area contributed by atoms with Gasteiger partial charge in [0, 0.05) is 6.54 Å². The van der Waals surface area contributed by atoms with Crippen LogP contribution in [0, 0.1) is 0 Å². The first-order chi connectivity index (χ1) is 6.96. The van der Waals surface area contributed by atoms with Crippen molar-refractivity contribution in [1.29, 1.82) is 0 Å². The summed E-state index contributed by atoms with van der Waals surface area (Å²) in [4.78, 5) is 0. The number of hydrogen-bond donors (Lipinski definition) is 1. The van der Waals surface area contributed by atoms with Gasteiger partial charge in [-0.15, -0.1) is 0 Å². The Balaban J connectivity index is 3.06. The van der Waals surface area contributed by atoms with Gasteiger partial charge in [-0.05, 0) is 23.6 Å². The van der Waals surface area contributed by atoms with Crippen LogP contribution in [0.3, 0.4) is 0 Å². The van der Waals surface area contributed by atoms with Crippen molar-refractivity contribution in [3.8, 4) is 0 Å². The van der Waals surface area contributed by atoms with Crippen molar-refractivity contribution in [3.05, 3.63) is 35.4 Å². The summed E-state index contributed by atoms with van der Waals surface area (Å²) in [5, 5.41) is 2.87. The van der Waals surface area contributed by atoms with Crippen LogP contribution in [-0.2, 0) is 5.41 Å². The quantitative estimate of drug-likeness (QED) is 0.806. The Labute approximate surface area is 91.7 Å². The van der Waals surface area contributed by atoms with E-state index in [9.17, 15) is 4.39 Å². The molecule has 0 bridgehead atoms. The standard InChI is InChI=1S/C13H20FN/c1-13(2,3)11-8-6-5-7-10(11)12(14)9-15-4/h5-8,12,15H,9H2,1-4H3. The molecule has 2 heteroatoms. The van der Waals surface area contributed by atoms with E-state index in [0.29, 0.717) is 6.54 Å². The Morgan fingerprint density at radius 2 is 1.87 bits per heavy atom. The highest BCUT2D eigenvalue weighted by Crippen LogP contribution is 2.30. The number of halogens is 1. The molecule has 0 amide bonds. The molecular formula is C13H20FN. The third kappa shape index (κ3) is 3.03. The molecule has 0 aromatic heterocycles. The van der Waals surface area contributed by atoms with Gasteiger partial charge in [0.05, 0.1) is 0 Å². The van der Waals surface area contributed by atoms with E-state index in [-0.39, 0.29) is 5.41 Å². The van der Waals surface area contributed by atoms with Crippen LogP contribution in [0.5, 0.6) is 0 Å². The van der Waals surface area contributed by atoms with E-state index in [2.05, 4.69) is 26.1 Å². The number of benzene rings is 1. The van der Waals surface area contributed by atoms with Crippen LogP contribution in [0.2, 0.25) is 0 Å². The molecule has 1 aromatic carbocycles. The van der Waals surface area contributed by atoms with Crippen molar-refractivity contribution in [2.75, 3.05) is 13.6 Å². The second-order valence-electron chi connectivity index (χ2n) is 4.86.